The van der Waals surface area contributed by atoms with Crippen molar-refractivity contribution in [3.8, 4) is 0 Å². The molecule has 0 aliphatic heterocycles. The van der Waals surface area contributed by atoms with Crippen molar-refractivity contribution in [1.82, 2.24) is 0 Å². The highest BCUT2D eigenvalue weighted by Crippen LogP contribution is 2.54. The van der Waals surface area contributed by atoms with Gasteiger partial charge in [-0.15, -0.1) is 0 Å². The van der Waals surface area contributed by atoms with Crippen LogP contribution in [-0.2, 0) is 14.1 Å². The van der Waals surface area contributed by atoms with E-state index in [2.05, 4.69) is 13.8 Å². The van der Waals surface area contributed by atoms with Crippen molar-refractivity contribution < 1.29 is 14.1 Å². The maximum atomic E-state index is 14.3. The van der Waals surface area contributed by atoms with Gasteiger partial charge in [-0.1, -0.05) is 213 Å². The van der Waals surface area contributed by atoms with Crippen molar-refractivity contribution in [2.45, 2.75) is 245 Å². The molecule has 276 valence electrons. The van der Waals surface area contributed by atoms with Crippen LogP contribution in [0.15, 0.2) is 0 Å². The van der Waals surface area contributed by atoms with Crippen LogP contribution in [0.4, 0.5) is 0 Å². The molecule has 0 amide bonds. The van der Waals surface area contributed by atoms with Crippen molar-refractivity contribution in [2.24, 2.45) is 0 Å². The highest BCUT2D eigenvalue weighted by molar-refractivity contribution is 7.65. The highest BCUT2D eigenvalue weighted by atomic mass is 31.2. The molecule has 0 aromatic rings. The Morgan fingerprint density at radius 3 is 0.870 bits per heavy atom. The number of esters is 1. The lowest BCUT2D eigenvalue weighted by Gasteiger charge is -2.26. The molecule has 0 bridgehead atoms. The van der Waals surface area contributed by atoms with Gasteiger partial charge in [0, 0.05) is 12.3 Å². The quantitative estimate of drug-likeness (QED) is 0.0373. The molecular formula is C42H85O3P. The molecule has 0 aliphatic carbocycles. The highest BCUT2D eigenvalue weighted by Gasteiger charge is 2.37. The first kappa shape index (κ1) is 45.7. The van der Waals surface area contributed by atoms with E-state index in [0.717, 1.165) is 38.0 Å². The molecule has 1 atom stereocenters. The fraction of sp³-hybridized carbons (Fsp3) is 0.976. The molecule has 0 aromatic carbocycles. The van der Waals surface area contributed by atoms with Crippen molar-refractivity contribution in [3.63, 3.8) is 0 Å². The van der Waals surface area contributed by atoms with E-state index < -0.39 is 7.14 Å². The van der Waals surface area contributed by atoms with Gasteiger partial charge >= 0.3 is 5.97 Å². The molecule has 0 spiro atoms. The van der Waals surface area contributed by atoms with Crippen molar-refractivity contribution in [3.05, 3.63) is 0 Å². The summed E-state index contributed by atoms with van der Waals surface area (Å²) in [6, 6.07) is 0. The van der Waals surface area contributed by atoms with Gasteiger partial charge in [0.1, 0.15) is 12.8 Å². The fourth-order valence-electron chi connectivity index (χ4n) is 7.21. The van der Waals surface area contributed by atoms with Crippen LogP contribution in [0, 0.1) is 0 Å². The average Bonchev–Trinajstić information content (AvgIpc) is 3.05. The number of unbranched alkanes of at least 4 members (excludes halogenated alkanes) is 30. The zero-order valence-corrected chi connectivity index (χ0v) is 33.1. The molecule has 0 fully saturated rings. The number of carbonyl (C=O) groups excluding carboxylic acids is 1. The van der Waals surface area contributed by atoms with Gasteiger partial charge < -0.3 is 9.30 Å². The van der Waals surface area contributed by atoms with Crippen molar-refractivity contribution in [2.75, 3.05) is 18.9 Å². The third-order valence-corrected chi connectivity index (χ3v) is 14.2. The van der Waals surface area contributed by atoms with Crippen LogP contribution in [0.3, 0.4) is 0 Å². The Hall–Kier alpha value is -0.300. The molecule has 1 unspecified atom stereocenters. The Kier molecular flexibility index (Phi) is 35.8. The Bertz CT molecular complexity index is 623. The number of carbonyl (C=O) groups is 1. The van der Waals surface area contributed by atoms with Gasteiger partial charge in [-0.05, 0) is 26.2 Å². The molecule has 0 aromatic heterocycles. The van der Waals surface area contributed by atoms with E-state index in [0.29, 0.717) is 13.0 Å². The first-order valence-corrected chi connectivity index (χ1v) is 23.4. The van der Waals surface area contributed by atoms with Crippen LogP contribution >= 0.6 is 7.14 Å². The smallest absolute Gasteiger partial charge is 0.316 e. The third-order valence-electron chi connectivity index (χ3n) is 10.3. The zero-order chi connectivity index (χ0) is 33.8. The average molecular weight is 669 g/mol. The van der Waals surface area contributed by atoms with E-state index in [4.69, 9.17) is 4.74 Å². The van der Waals surface area contributed by atoms with Crippen LogP contribution < -0.4 is 0 Å². The van der Waals surface area contributed by atoms with Crippen LogP contribution in [0.25, 0.3) is 0 Å². The summed E-state index contributed by atoms with van der Waals surface area (Å²) in [6.07, 6.45) is 45.2. The summed E-state index contributed by atoms with van der Waals surface area (Å²) < 4.78 is 19.7. The van der Waals surface area contributed by atoms with Crippen LogP contribution in [0.5, 0.6) is 0 Å². The Morgan fingerprint density at radius 2 is 0.652 bits per heavy atom. The first-order valence-electron chi connectivity index (χ1n) is 21.3. The molecule has 0 heterocycles. The van der Waals surface area contributed by atoms with Gasteiger partial charge in [0.05, 0.1) is 6.61 Å². The second-order valence-corrected chi connectivity index (χ2v) is 18.1. The maximum absolute atomic E-state index is 14.3. The molecule has 46 heavy (non-hydrogen) atoms. The number of rotatable bonds is 38. The summed E-state index contributed by atoms with van der Waals surface area (Å²) in [4.78, 5) is 12.8. The SMILES string of the molecule is CCCCCCCCCCCCCCCCCCP(=O)(CCCCCCCCCCCCCCCCCC)C(CC)C(=O)OCC. The summed E-state index contributed by atoms with van der Waals surface area (Å²) in [5, 5.41) is 0. The minimum atomic E-state index is -2.57. The van der Waals surface area contributed by atoms with Gasteiger partial charge in [-0.3, -0.25) is 4.79 Å². The lowest BCUT2D eigenvalue weighted by molar-refractivity contribution is -0.142. The van der Waals surface area contributed by atoms with Crippen molar-refractivity contribution in [1.29, 1.82) is 0 Å². The largest absolute Gasteiger partial charge is 0.465 e. The van der Waals surface area contributed by atoms with E-state index in [1.807, 2.05) is 13.8 Å². The minimum Gasteiger partial charge on any atom is -0.465 e. The van der Waals surface area contributed by atoms with E-state index >= 15 is 0 Å². The van der Waals surface area contributed by atoms with Crippen LogP contribution in [-0.4, -0.2) is 30.6 Å². The number of ether oxygens (including phenoxy) is 1. The van der Waals surface area contributed by atoms with E-state index in [1.165, 1.54) is 180 Å². The standard InChI is InChI=1S/C42H85O3P/c1-5-9-11-13-15-17-19-21-23-25-27-29-31-33-35-37-39-46(44,41(7-3)42(43)45-8-4)40-38-36-34-32-30-28-26-24-22-20-18-16-14-12-10-6-2/h41H,5-40H2,1-4H3. The summed E-state index contributed by atoms with van der Waals surface area (Å²) in [5.41, 5.74) is -0.389. The molecule has 0 rings (SSSR count). The van der Waals surface area contributed by atoms with Gasteiger partial charge in [-0.2, -0.15) is 0 Å². The third kappa shape index (κ3) is 28.7. The second kappa shape index (κ2) is 36.0. The van der Waals surface area contributed by atoms with Gasteiger partial charge in [0.2, 0.25) is 0 Å². The summed E-state index contributed by atoms with van der Waals surface area (Å²) in [5.74, 6) is -0.207. The Labute approximate surface area is 290 Å². The van der Waals surface area contributed by atoms with E-state index in [9.17, 15) is 9.36 Å². The zero-order valence-electron chi connectivity index (χ0n) is 32.2. The maximum Gasteiger partial charge on any atom is 0.316 e. The van der Waals surface area contributed by atoms with Gasteiger partial charge in [0.15, 0.2) is 0 Å². The normalized spacial score (nSPS) is 12.5. The first-order chi connectivity index (χ1) is 22.6. The molecular weight excluding hydrogens is 583 g/mol. The van der Waals surface area contributed by atoms with Crippen LogP contribution in [0.2, 0.25) is 0 Å². The van der Waals surface area contributed by atoms with E-state index in [-0.39, 0.29) is 11.6 Å². The predicted octanol–water partition coefficient (Wildman–Crippen LogP) is 15.2. The van der Waals surface area contributed by atoms with E-state index in [1.54, 1.807) is 0 Å². The lowest BCUT2D eigenvalue weighted by atomic mass is 10.0. The monoisotopic (exact) mass is 669 g/mol. The molecule has 0 saturated carbocycles. The fourth-order valence-corrected chi connectivity index (χ4v) is 10.7. The summed E-state index contributed by atoms with van der Waals surface area (Å²) in [6.45, 7) is 8.85. The molecule has 3 nitrogen and oxygen atoms in total. The predicted molar refractivity (Wildman–Crippen MR) is 207 cm³/mol. The van der Waals surface area contributed by atoms with Gasteiger partial charge in [0.25, 0.3) is 0 Å². The van der Waals surface area contributed by atoms with Crippen molar-refractivity contribution >= 4 is 13.1 Å². The lowest BCUT2D eigenvalue weighted by Crippen LogP contribution is -2.25. The Morgan fingerprint density at radius 1 is 0.413 bits per heavy atom. The van der Waals surface area contributed by atoms with Gasteiger partial charge in [-0.25, -0.2) is 0 Å². The topological polar surface area (TPSA) is 43.4 Å². The molecule has 0 N–H and O–H groups in total. The molecule has 0 radical (unpaired) electrons. The number of hydrogen-bond donors (Lipinski definition) is 0. The Balaban J connectivity index is 4.05. The van der Waals surface area contributed by atoms with Crippen LogP contribution in [0.1, 0.15) is 240 Å². The molecule has 4 heteroatoms. The molecule has 0 saturated heterocycles. The number of hydrogen-bond acceptors (Lipinski definition) is 3. The minimum absolute atomic E-state index is 0.207. The molecule has 0 aliphatic rings. The summed E-state index contributed by atoms with van der Waals surface area (Å²) in [7, 11) is -2.57. The summed E-state index contributed by atoms with van der Waals surface area (Å²) >= 11 is 0. The second-order valence-electron chi connectivity index (χ2n) is 14.7.